The zero-order chi connectivity index (χ0) is 14.5. The van der Waals surface area contributed by atoms with Crippen LogP contribution < -0.4 is 11.1 Å². The summed E-state index contributed by atoms with van der Waals surface area (Å²) in [4.78, 5) is 11.9. The fraction of sp³-hybridized carbons (Fsp3) is 0.588. The molecule has 2 atom stereocenters. The highest BCUT2D eigenvalue weighted by molar-refractivity contribution is 5.76. The van der Waals surface area contributed by atoms with Crippen LogP contribution in [0, 0.1) is 5.92 Å². The van der Waals surface area contributed by atoms with E-state index in [4.69, 9.17) is 5.73 Å². The number of benzene rings is 1. The van der Waals surface area contributed by atoms with E-state index in [9.17, 15) is 4.79 Å². The first-order valence-electron chi connectivity index (χ1n) is 7.71. The van der Waals surface area contributed by atoms with Gasteiger partial charge in [0.2, 0.25) is 5.91 Å². The Bertz CT molecular complexity index is 437. The molecule has 1 aromatic rings. The van der Waals surface area contributed by atoms with Crippen LogP contribution >= 0.6 is 0 Å². The Morgan fingerprint density at radius 2 is 2.00 bits per heavy atom. The molecule has 3 heteroatoms. The Kier molecular flexibility index (Phi) is 5.18. The van der Waals surface area contributed by atoms with Crippen molar-refractivity contribution in [1.82, 2.24) is 5.32 Å². The monoisotopic (exact) mass is 274 g/mol. The van der Waals surface area contributed by atoms with Crippen molar-refractivity contribution in [2.75, 3.05) is 6.54 Å². The SMILES string of the molecule is CCc1ccc(C(C)CC(=O)NCC(N)C2CC2)cc1. The number of hydrogen-bond acceptors (Lipinski definition) is 2. The van der Waals surface area contributed by atoms with Gasteiger partial charge in [-0.3, -0.25) is 4.79 Å². The van der Waals surface area contributed by atoms with E-state index in [2.05, 4.69) is 43.4 Å². The molecule has 2 rings (SSSR count). The maximum Gasteiger partial charge on any atom is 0.220 e. The molecular weight excluding hydrogens is 248 g/mol. The van der Waals surface area contributed by atoms with Gasteiger partial charge in [0.15, 0.2) is 0 Å². The predicted molar refractivity (Wildman–Crippen MR) is 82.6 cm³/mol. The highest BCUT2D eigenvalue weighted by Gasteiger charge is 2.28. The molecule has 0 radical (unpaired) electrons. The summed E-state index contributed by atoms with van der Waals surface area (Å²) in [5.74, 6) is 0.987. The summed E-state index contributed by atoms with van der Waals surface area (Å²) in [7, 11) is 0. The van der Waals surface area contributed by atoms with Gasteiger partial charge in [-0.1, -0.05) is 38.1 Å². The molecule has 1 aromatic carbocycles. The Hall–Kier alpha value is -1.35. The fourth-order valence-electron chi connectivity index (χ4n) is 2.47. The molecule has 110 valence electrons. The molecule has 1 aliphatic rings. The van der Waals surface area contributed by atoms with Gasteiger partial charge < -0.3 is 11.1 Å². The molecule has 1 fully saturated rings. The fourth-order valence-corrected chi connectivity index (χ4v) is 2.47. The van der Waals surface area contributed by atoms with Crippen molar-refractivity contribution in [1.29, 1.82) is 0 Å². The van der Waals surface area contributed by atoms with Gasteiger partial charge in [-0.15, -0.1) is 0 Å². The summed E-state index contributed by atoms with van der Waals surface area (Å²) in [5, 5.41) is 2.96. The van der Waals surface area contributed by atoms with Gasteiger partial charge in [0, 0.05) is 19.0 Å². The Morgan fingerprint density at radius 1 is 1.35 bits per heavy atom. The summed E-state index contributed by atoms with van der Waals surface area (Å²) in [5.41, 5.74) is 8.55. The molecule has 0 aliphatic heterocycles. The molecule has 0 bridgehead atoms. The molecule has 1 amide bonds. The zero-order valence-electron chi connectivity index (χ0n) is 12.6. The molecule has 1 saturated carbocycles. The van der Waals surface area contributed by atoms with Crippen molar-refractivity contribution in [2.45, 2.75) is 51.5 Å². The molecule has 0 saturated heterocycles. The highest BCUT2D eigenvalue weighted by atomic mass is 16.1. The van der Waals surface area contributed by atoms with E-state index in [1.165, 1.54) is 24.0 Å². The van der Waals surface area contributed by atoms with Gasteiger partial charge >= 0.3 is 0 Å². The minimum absolute atomic E-state index is 0.105. The van der Waals surface area contributed by atoms with E-state index in [1.807, 2.05) is 0 Å². The average Bonchev–Trinajstić information content (AvgIpc) is 3.29. The number of aryl methyl sites for hydroxylation is 1. The van der Waals surface area contributed by atoms with Gasteiger partial charge in [0.05, 0.1) is 0 Å². The van der Waals surface area contributed by atoms with Gasteiger partial charge in [-0.2, -0.15) is 0 Å². The van der Waals surface area contributed by atoms with Gasteiger partial charge in [0.1, 0.15) is 0 Å². The average molecular weight is 274 g/mol. The maximum atomic E-state index is 11.9. The van der Waals surface area contributed by atoms with Crippen LogP contribution in [0.1, 0.15) is 50.2 Å². The largest absolute Gasteiger partial charge is 0.355 e. The second-order valence-electron chi connectivity index (χ2n) is 6.01. The summed E-state index contributed by atoms with van der Waals surface area (Å²) < 4.78 is 0. The van der Waals surface area contributed by atoms with Crippen LogP contribution in [0.15, 0.2) is 24.3 Å². The van der Waals surface area contributed by atoms with E-state index in [-0.39, 0.29) is 17.9 Å². The van der Waals surface area contributed by atoms with E-state index in [1.54, 1.807) is 0 Å². The van der Waals surface area contributed by atoms with Crippen LogP contribution in [0.25, 0.3) is 0 Å². The topological polar surface area (TPSA) is 55.1 Å². The Balaban J connectivity index is 1.76. The second-order valence-corrected chi connectivity index (χ2v) is 6.01. The number of carbonyl (C=O) groups is 1. The Morgan fingerprint density at radius 3 is 2.55 bits per heavy atom. The van der Waals surface area contributed by atoms with Crippen LogP contribution in [-0.4, -0.2) is 18.5 Å². The van der Waals surface area contributed by atoms with Crippen LogP contribution in [0.4, 0.5) is 0 Å². The van der Waals surface area contributed by atoms with Gasteiger partial charge in [0.25, 0.3) is 0 Å². The number of nitrogens with one attached hydrogen (secondary N) is 1. The third-order valence-electron chi connectivity index (χ3n) is 4.21. The summed E-state index contributed by atoms with van der Waals surface area (Å²) in [6, 6.07) is 8.69. The molecule has 20 heavy (non-hydrogen) atoms. The van der Waals surface area contributed by atoms with Crippen LogP contribution in [-0.2, 0) is 11.2 Å². The minimum atomic E-state index is 0.105. The first-order valence-corrected chi connectivity index (χ1v) is 7.71. The molecular formula is C17H26N2O. The van der Waals surface area contributed by atoms with Crippen LogP contribution in [0.2, 0.25) is 0 Å². The summed E-state index contributed by atoms with van der Waals surface area (Å²) in [6.07, 6.45) is 4.02. The predicted octanol–water partition coefficient (Wildman–Crippen LogP) is 2.60. The van der Waals surface area contributed by atoms with Crippen molar-refractivity contribution < 1.29 is 4.79 Å². The minimum Gasteiger partial charge on any atom is -0.355 e. The Labute approximate surface area is 121 Å². The first-order chi connectivity index (χ1) is 9.60. The van der Waals surface area contributed by atoms with Crippen molar-refractivity contribution in [3.8, 4) is 0 Å². The molecule has 1 aliphatic carbocycles. The number of nitrogens with two attached hydrogens (primary N) is 1. The van der Waals surface area contributed by atoms with E-state index in [0.717, 1.165) is 6.42 Å². The lowest BCUT2D eigenvalue weighted by atomic mass is 9.96. The van der Waals surface area contributed by atoms with Crippen molar-refractivity contribution in [3.63, 3.8) is 0 Å². The highest BCUT2D eigenvalue weighted by Crippen LogP contribution is 2.31. The van der Waals surface area contributed by atoms with Crippen LogP contribution in [0.5, 0.6) is 0 Å². The number of hydrogen-bond donors (Lipinski definition) is 2. The van der Waals surface area contributed by atoms with E-state index >= 15 is 0 Å². The quantitative estimate of drug-likeness (QED) is 0.803. The lowest BCUT2D eigenvalue weighted by Gasteiger charge is -2.15. The van der Waals surface area contributed by atoms with E-state index in [0.29, 0.717) is 18.9 Å². The van der Waals surface area contributed by atoms with Gasteiger partial charge in [-0.05, 0) is 42.2 Å². The number of amides is 1. The van der Waals surface area contributed by atoms with Gasteiger partial charge in [-0.25, -0.2) is 0 Å². The molecule has 0 aromatic heterocycles. The maximum absolute atomic E-state index is 11.9. The van der Waals surface area contributed by atoms with Crippen molar-refractivity contribution in [2.24, 2.45) is 11.7 Å². The molecule has 0 spiro atoms. The molecule has 2 unspecified atom stereocenters. The normalized spacial score (nSPS) is 17.6. The number of carbonyl (C=O) groups excluding carboxylic acids is 1. The summed E-state index contributed by atoms with van der Waals surface area (Å²) >= 11 is 0. The number of rotatable bonds is 7. The van der Waals surface area contributed by atoms with Crippen LogP contribution in [0.3, 0.4) is 0 Å². The van der Waals surface area contributed by atoms with Crippen molar-refractivity contribution in [3.05, 3.63) is 35.4 Å². The smallest absolute Gasteiger partial charge is 0.220 e. The molecule has 3 nitrogen and oxygen atoms in total. The first kappa shape index (κ1) is 15.0. The molecule has 3 N–H and O–H groups in total. The lowest BCUT2D eigenvalue weighted by Crippen LogP contribution is -2.38. The van der Waals surface area contributed by atoms with Crippen molar-refractivity contribution >= 4 is 5.91 Å². The third-order valence-corrected chi connectivity index (χ3v) is 4.21. The standard InChI is InChI=1S/C17H26N2O/c1-3-13-4-6-14(7-5-13)12(2)10-17(20)19-11-16(18)15-8-9-15/h4-7,12,15-16H,3,8-11,18H2,1-2H3,(H,19,20). The zero-order valence-corrected chi connectivity index (χ0v) is 12.6. The third kappa shape index (κ3) is 4.34. The molecule has 0 heterocycles. The summed E-state index contributed by atoms with van der Waals surface area (Å²) in [6.45, 7) is 4.86. The second kappa shape index (κ2) is 6.89. The lowest BCUT2D eigenvalue weighted by molar-refractivity contribution is -0.121. The van der Waals surface area contributed by atoms with E-state index < -0.39 is 0 Å².